The molecule has 10 heteroatoms. The van der Waals surface area contributed by atoms with E-state index in [4.69, 9.17) is 14.6 Å². The molecule has 0 radical (unpaired) electrons. The van der Waals surface area contributed by atoms with Gasteiger partial charge in [-0.25, -0.2) is 9.59 Å². The summed E-state index contributed by atoms with van der Waals surface area (Å²) in [6, 6.07) is 7.59. The lowest BCUT2D eigenvalue weighted by Gasteiger charge is -2.33. The first-order valence-electron chi connectivity index (χ1n) is 9.13. The molecule has 0 saturated heterocycles. The fourth-order valence-corrected chi connectivity index (χ4v) is 3.41. The van der Waals surface area contributed by atoms with E-state index >= 15 is 0 Å². The molecular weight excluding hydrogens is 396 g/mol. The van der Waals surface area contributed by atoms with Crippen molar-refractivity contribution in [2.24, 2.45) is 0 Å². The van der Waals surface area contributed by atoms with E-state index in [0.29, 0.717) is 13.0 Å². The van der Waals surface area contributed by atoms with E-state index in [-0.39, 0.29) is 18.1 Å². The maximum atomic E-state index is 13.2. The number of carboxylic acid groups (broad SMARTS) is 3. The molecule has 0 bridgehead atoms. The summed E-state index contributed by atoms with van der Waals surface area (Å²) in [6.45, 7) is 0.0250. The Kier molecular flexibility index (Phi) is 6.17. The number of aromatic carboxylic acids is 1. The zero-order valence-corrected chi connectivity index (χ0v) is 15.8. The number of carbonyl (C=O) groups is 4. The van der Waals surface area contributed by atoms with Crippen LogP contribution >= 0.6 is 0 Å². The lowest BCUT2D eigenvalue weighted by Crippen LogP contribution is -2.54. The zero-order valence-electron chi connectivity index (χ0n) is 15.8. The summed E-state index contributed by atoms with van der Waals surface area (Å²) in [5.74, 6) is -5.11. The van der Waals surface area contributed by atoms with Crippen LogP contribution < -0.4 is 5.32 Å². The number of carbonyl (C=O) groups excluding carboxylic acids is 1. The Bertz CT molecular complexity index is 983. The minimum absolute atomic E-state index is 0.0357. The lowest BCUT2D eigenvalue weighted by atomic mass is 9.94. The third-order valence-electron chi connectivity index (χ3n) is 4.89. The van der Waals surface area contributed by atoms with Crippen molar-refractivity contribution < 1.29 is 38.9 Å². The van der Waals surface area contributed by atoms with Crippen LogP contribution in [0.3, 0.4) is 0 Å². The van der Waals surface area contributed by atoms with Crippen LogP contribution in [0.4, 0.5) is 0 Å². The van der Waals surface area contributed by atoms with Crippen molar-refractivity contribution in [2.75, 3.05) is 0 Å². The number of nitrogens with one attached hydrogen (secondary N) is 1. The van der Waals surface area contributed by atoms with Crippen LogP contribution in [0.15, 0.2) is 40.8 Å². The number of furan rings is 1. The molecule has 0 saturated carbocycles. The summed E-state index contributed by atoms with van der Waals surface area (Å²) in [4.78, 5) is 48.1. The van der Waals surface area contributed by atoms with Crippen LogP contribution in [0.1, 0.15) is 33.9 Å². The zero-order chi connectivity index (χ0) is 21.8. The van der Waals surface area contributed by atoms with Gasteiger partial charge >= 0.3 is 17.9 Å². The Morgan fingerprint density at radius 2 is 1.77 bits per heavy atom. The molecule has 0 fully saturated rings. The first kappa shape index (κ1) is 21.1. The molecule has 4 N–H and O–H groups in total. The van der Waals surface area contributed by atoms with Crippen molar-refractivity contribution in [3.05, 3.63) is 59.0 Å². The van der Waals surface area contributed by atoms with Gasteiger partial charge in [0.2, 0.25) is 11.7 Å². The Hall–Kier alpha value is -3.66. The van der Waals surface area contributed by atoms with E-state index in [1.165, 1.54) is 12.1 Å². The molecule has 1 aliphatic heterocycles. The van der Waals surface area contributed by atoms with Crippen LogP contribution in [-0.2, 0) is 33.9 Å². The van der Waals surface area contributed by atoms with Gasteiger partial charge in [-0.3, -0.25) is 9.59 Å². The number of aliphatic carboxylic acids is 2. The molecule has 30 heavy (non-hydrogen) atoms. The molecule has 3 rings (SSSR count). The molecule has 2 atom stereocenters. The highest BCUT2D eigenvalue weighted by Gasteiger charge is 2.37. The largest absolute Gasteiger partial charge is 0.481 e. The van der Waals surface area contributed by atoms with Crippen LogP contribution in [0.5, 0.6) is 0 Å². The maximum absolute atomic E-state index is 13.2. The Morgan fingerprint density at radius 1 is 1.07 bits per heavy atom. The van der Waals surface area contributed by atoms with Gasteiger partial charge in [0.15, 0.2) is 0 Å². The molecule has 2 aromatic rings. The Morgan fingerprint density at radius 3 is 2.37 bits per heavy atom. The fourth-order valence-electron chi connectivity index (χ4n) is 3.41. The number of hydrogen-bond acceptors (Lipinski definition) is 6. The summed E-state index contributed by atoms with van der Waals surface area (Å²) in [6.07, 6.45) is -0.500. The monoisotopic (exact) mass is 416 g/mol. The molecule has 1 unspecified atom stereocenters. The Labute approximate surface area is 170 Å². The second-order valence-electron chi connectivity index (χ2n) is 6.90. The standard InChI is InChI=1S/C20H20N2O8/c23-17(24)8-15(19(26)27)22(10-13-5-6-16(30-13)20(28)29)18(25)14-7-11-3-1-2-4-12(11)9-21-14/h1-6,14-15,21H,7-10H2,(H,23,24)(H,26,27)(H,28,29)/t14?,15-/m0/s1. The number of hydrogen-bond donors (Lipinski definition) is 4. The van der Waals surface area contributed by atoms with Gasteiger partial charge in [-0.05, 0) is 29.7 Å². The van der Waals surface area contributed by atoms with Gasteiger partial charge in [0.25, 0.3) is 0 Å². The van der Waals surface area contributed by atoms with Crippen molar-refractivity contribution in [2.45, 2.75) is 38.0 Å². The highest BCUT2D eigenvalue weighted by molar-refractivity contribution is 5.89. The third kappa shape index (κ3) is 4.66. The SMILES string of the molecule is O=C(O)C[C@@H](C(=O)O)N(Cc1ccc(C(=O)O)o1)C(=O)C1Cc2ccccc2CN1. The first-order valence-corrected chi connectivity index (χ1v) is 9.13. The molecule has 0 aliphatic carbocycles. The summed E-state index contributed by atoms with van der Waals surface area (Å²) in [5.41, 5.74) is 1.95. The number of benzene rings is 1. The average molecular weight is 416 g/mol. The minimum atomic E-state index is -1.65. The predicted molar refractivity (Wildman–Crippen MR) is 101 cm³/mol. The molecule has 1 aromatic carbocycles. The first-order chi connectivity index (χ1) is 14.3. The number of nitrogens with zero attached hydrogens (tertiary/aromatic N) is 1. The van der Waals surface area contributed by atoms with E-state index in [1.54, 1.807) is 0 Å². The lowest BCUT2D eigenvalue weighted by molar-refractivity contribution is -0.156. The summed E-state index contributed by atoms with van der Waals surface area (Å²) >= 11 is 0. The smallest absolute Gasteiger partial charge is 0.371 e. The molecule has 10 nitrogen and oxygen atoms in total. The van der Waals surface area contributed by atoms with Gasteiger partial charge in [-0.15, -0.1) is 0 Å². The number of rotatable bonds is 8. The van der Waals surface area contributed by atoms with E-state index in [1.807, 2.05) is 24.3 Å². The molecule has 158 valence electrons. The minimum Gasteiger partial charge on any atom is -0.481 e. The van der Waals surface area contributed by atoms with Crippen molar-refractivity contribution >= 4 is 23.8 Å². The van der Waals surface area contributed by atoms with Crippen molar-refractivity contribution in [3.63, 3.8) is 0 Å². The van der Waals surface area contributed by atoms with Crippen molar-refractivity contribution in [1.29, 1.82) is 0 Å². The molecule has 0 spiro atoms. The summed E-state index contributed by atoms with van der Waals surface area (Å²) in [5, 5.41) is 30.7. The molecule has 1 amide bonds. The quantitative estimate of drug-likeness (QED) is 0.492. The van der Waals surface area contributed by atoms with Crippen molar-refractivity contribution in [1.82, 2.24) is 10.2 Å². The molecule has 2 heterocycles. The van der Waals surface area contributed by atoms with Crippen molar-refractivity contribution in [3.8, 4) is 0 Å². The van der Waals surface area contributed by atoms with E-state index in [9.17, 15) is 24.3 Å². The number of carboxylic acids is 3. The van der Waals surface area contributed by atoms with Gasteiger partial charge < -0.3 is 30.0 Å². The normalized spacial score (nSPS) is 16.3. The van der Waals surface area contributed by atoms with Gasteiger partial charge in [0.05, 0.1) is 19.0 Å². The van der Waals surface area contributed by atoms with Crippen LogP contribution in [0.25, 0.3) is 0 Å². The summed E-state index contributed by atoms with van der Waals surface area (Å²) < 4.78 is 5.15. The van der Waals surface area contributed by atoms with Crippen LogP contribution in [0.2, 0.25) is 0 Å². The highest BCUT2D eigenvalue weighted by atomic mass is 16.4. The van der Waals surface area contributed by atoms with Gasteiger partial charge in [0, 0.05) is 6.54 Å². The molecule has 1 aromatic heterocycles. The van der Waals surface area contributed by atoms with Gasteiger partial charge in [0.1, 0.15) is 11.8 Å². The average Bonchev–Trinajstić information content (AvgIpc) is 3.18. The second-order valence-corrected chi connectivity index (χ2v) is 6.90. The highest BCUT2D eigenvalue weighted by Crippen LogP contribution is 2.21. The molecular formula is C20H20N2O8. The topological polar surface area (TPSA) is 157 Å². The second kappa shape index (κ2) is 8.78. The maximum Gasteiger partial charge on any atom is 0.371 e. The number of fused-ring (bicyclic) bond motifs is 1. The number of amides is 1. The Balaban J connectivity index is 1.89. The third-order valence-corrected chi connectivity index (χ3v) is 4.89. The van der Waals surface area contributed by atoms with E-state index in [0.717, 1.165) is 16.0 Å². The summed E-state index contributed by atoms with van der Waals surface area (Å²) in [7, 11) is 0. The van der Waals surface area contributed by atoms with Gasteiger partial charge in [-0.1, -0.05) is 24.3 Å². The van der Waals surface area contributed by atoms with E-state index < -0.39 is 42.3 Å². The van der Waals surface area contributed by atoms with Crippen LogP contribution in [0, 0.1) is 0 Å². The van der Waals surface area contributed by atoms with Crippen LogP contribution in [-0.4, -0.2) is 56.1 Å². The molecule has 1 aliphatic rings. The predicted octanol–water partition coefficient (Wildman–Crippen LogP) is 0.949. The van der Waals surface area contributed by atoms with Gasteiger partial charge in [-0.2, -0.15) is 0 Å². The fraction of sp³-hybridized carbons (Fsp3) is 0.300. The van der Waals surface area contributed by atoms with E-state index in [2.05, 4.69) is 5.32 Å².